The highest BCUT2D eigenvalue weighted by Crippen LogP contribution is 2.43. The van der Waals surface area contributed by atoms with E-state index in [-0.39, 0.29) is 17.3 Å². The van der Waals surface area contributed by atoms with Crippen LogP contribution >= 0.6 is 0 Å². The Kier molecular flexibility index (Phi) is 5.59. The van der Waals surface area contributed by atoms with Gasteiger partial charge in [-0.2, -0.15) is 13.2 Å². The fraction of sp³-hybridized carbons (Fsp3) is 0.423. The predicted octanol–water partition coefficient (Wildman–Crippen LogP) is 6.97. The summed E-state index contributed by atoms with van der Waals surface area (Å²) in [6.45, 7) is 3.27. The lowest BCUT2D eigenvalue weighted by atomic mass is 9.75. The highest BCUT2D eigenvalue weighted by atomic mass is 19.4. The quantitative estimate of drug-likeness (QED) is 0.419. The number of aromatic hydroxyl groups is 1. The Bertz CT molecular complexity index is 1200. The molecule has 174 valence electrons. The Morgan fingerprint density at radius 3 is 2.67 bits per heavy atom. The number of hydrogen-bond donors (Lipinski definition) is 2. The number of aromatic amines is 1. The lowest BCUT2D eigenvalue weighted by Crippen LogP contribution is -2.42. The molecule has 2 N–H and O–H groups in total. The maximum atomic E-state index is 14.0. The van der Waals surface area contributed by atoms with Crippen molar-refractivity contribution in [2.24, 2.45) is 16.8 Å². The van der Waals surface area contributed by atoms with Crippen LogP contribution in [0.25, 0.3) is 10.9 Å². The van der Waals surface area contributed by atoms with E-state index in [0.717, 1.165) is 35.4 Å². The highest BCUT2D eigenvalue weighted by molar-refractivity contribution is 6.04. The van der Waals surface area contributed by atoms with Crippen molar-refractivity contribution in [3.05, 3.63) is 53.1 Å². The first-order chi connectivity index (χ1) is 15.8. The van der Waals surface area contributed by atoms with Crippen LogP contribution in [0.4, 0.5) is 24.5 Å². The summed E-state index contributed by atoms with van der Waals surface area (Å²) in [5.41, 5.74) is 1.98. The van der Waals surface area contributed by atoms with Gasteiger partial charge < -0.3 is 15.0 Å². The smallest absolute Gasteiger partial charge is 0.418 e. The van der Waals surface area contributed by atoms with Gasteiger partial charge in [0.25, 0.3) is 0 Å². The van der Waals surface area contributed by atoms with E-state index in [9.17, 15) is 18.3 Å². The average Bonchev–Trinajstić information content (AvgIpc) is 3.13. The van der Waals surface area contributed by atoms with Crippen molar-refractivity contribution in [1.82, 2.24) is 4.98 Å². The molecular formula is C26H28F3N3O. The molecule has 2 aliphatic rings. The van der Waals surface area contributed by atoms with Gasteiger partial charge in [-0.15, -0.1) is 0 Å². The molecule has 2 heterocycles. The molecule has 5 rings (SSSR count). The van der Waals surface area contributed by atoms with Crippen molar-refractivity contribution in [3.8, 4) is 5.88 Å². The van der Waals surface area contributed by atoms with Crippen molar-refractivity contribution in [2.75, 3.05) is 18.0 Å². The molecule has 33 heavy (non-hydrogen) atoms. The summed E-state index contributed by atoms with van der Waals surface area (Å²) in [5, 5.41) is 11.1. The molecule has 1 aromatic heterocycles. The predicted molar refractivity (Wildman–Crippen MR) is 126 cm³/mol. The molecule has 2 fully saturated rings. The van der Waals surface area contributed by atoms with E-state index >= 15 is 0 Å². The summed E-state index contributed by atoms with van der Waals surface area (Å²) in [5.74, 6) is 1.09. The summed E-state index contributed by atoms with van der Waals surface area (Å²) in [6.07, 6.45) is 2.66. The second-order valence-corrected chi connectivity index (χ2v) is 9.38. The van der Waals surface area contributed by atoms with Gasteiger partial charge in [0.05, 0.1) is 16.8 Å². The van der Waals surface area contributed by atoms with Crippen LogP contribution in [0.15, 0.2) is 41.4 Å². The third-order valence-electron chi connectivity index (χ3n) is 7.31. The highest BCUT2D eigenvalue weighted by Gasteiger charge is 2.38. The van der Waals surface area contributed by atoms with Gasteiger partial charge in [0.2, 0.25) is 0 Å². The lowest BCUT2D eigenvalue weighted by Gasteiger charge is -2.43. The molecule has 2 aromatic carbocycles. The molecule has 1 aliphatic carbocycles. The number of aliphatic imine (C=N–C) groups is 1. The fourth-order valence-electron chi connectivity index (χ4n) is 5.63. The van der Waals surface area contributed by atoms with Crippen molar-refractivity contribution >= 4 is 28.5 Å². The van der Waals surface area contributed by atoms with Crippen LogP contribution in [0, 0.1) is 18.8 Å². The number of benzene rings is 2. The standard InChI is InChI=1S/C26H28F3N3O/c1-16-5-4-8-22-24(16)20(25(33)31-22)14-30-19-9-10-23(21(13-19)26(27,28)29)32-12-11-17-6-2-3-7-18(17)15-32/h4-5,8-10,13-14,17-18,31,33H,2-3,6-7,11-12,15H2,1H3. The molecule has 1 saturated carbocycles. The Balaban J connectivity index is 1.46. The molecule has 1 saturated heterocycles. The zero-order valence-electron chi connectivity index (χ0n) is 18.6. The zero-order valence-corrected chi connectivity index (χ0v) is 18.6. The van der Waals surface area contributed by atoms with Crippen LogP contribution in [-0.4, -0.2) is 29.4 Å². The number of nitrogens with one attached hydrogen (secondary N) is 1. The molecule has 4 nitrogen and oxygen atoms in total. The van der Waals surface area contributed by atoms with E-state index in [1.165, 1.54) is 25.5 Å². The Morgan fingerprint density at radius 2 is 1.88 bits per heavy atom. The summed E-state index contributed by atoms with van der Waals surface area (Å²) < 4.78 is 42.1. The van der Waals surface area contributed by atoms with E-state index in [4.69, 9.17) is 0 Å². The average molecular weight is 456 g/mol. The van der Waals surface area contributed by atoms with Crippen molar-refractivity contribution in [3.63, 3.8) is 0 Å². The number of aryl methyl sites for hydroxylation is 1. The number of aromatic nitrogens is 1. The van der Waals surface area contributed by atoms with Gasteiger partial charge in [0, 0.05) is 35.9 Å². The third kappa shape index (κ3) is 4.21. The number of rotatable bonds is 3. The molecule has 0 radical (unpaired) electrons. The summed E-state index contributed by atoms with van der Waals surface area (Å²) in [7, 11) is 0. The molecule has 7 heteroatoms. The van der Waals surface area contributed by atoms with Crippen LogP contribution in [-0.2, 0) is 6.18 Å². The van der Waals surface area contributed by atoms with Crippen LogP contribution in [0.2, 0.25) is 0 Å². The van der Waals surface area contributed by atoms with Gasteiger partial charge >= 0.3 is 6.18 Å². The number of fused-ring (bicyclic) bond motifs is 2. The zero-order chi connectivity index (χ0) is 23.2. The fourth-order valence-corrected chi connectivity index (χ4v) is 5.63. The minimum atomic E-state index is -4.47. The molecule has 0 spiro atoms. The molecule has 0 bridgehead atoms. The molecular weight excluding hydrogens is 427 g/mol. The van der Waals surface area contributed by atoms with E-state index in [1.54, 1.807) is 12.1 Å². The first kappa shape index (κ1) is 21.9. The van der Waals surface area contributed by atoms with Crippen LogP contribution in [0.5, 0.6) is 5.88 Å². The first-order valence-electron chi connectivity index (χ1n) is 11.6. The van der Waals surface area contributed by atoms with Gasteiger partial charge in [-0.3, -0.25) is 4.99 Å². The molecule has 2 unspecified atom stereocenters. The van der Waals surface area contributed by atoms with E-state index in [0.29, 0.717) is 30.5 Å². The van der Waals surface area contributed by atoms with Gasteiger partial charge in [0.1, 0.15) is 0 Å². The topological polar surface area (TPSA) is 51.6 Å². The van der Waals surface area contributed by atoms with Crippen LogP contribution in [0.3, 0.4) is 0 Å². The maximum absolute atomic E-state index is 14.0. The first-order valence-corrected chi connectivity index (χ1v) is 11.6. The summed E-state index contributed by atoms with van der Waals surface area (Å²) in [4.78, 5) is 9.11. The Hall–Kier alpha value is -2.96. The van der Waals surface area contributed by atoms with Crippen molar-refractivity contribution < 1.29 is 18.3 Å². The van der Waals surface area contributed by atoms with E-state index in [2.05, 4.69) is 9.98 Å². The minimum Gasteiger partial charge on any atom is -0.494 e. The van der Waals surface area contributed by atoms with Crippen molar-refractivity contribution in [2.45, 2.75) is 45.2 Å². The summed E-state index contributed by atoms with van der Waals surface area (Å²) in [6, 6.07) is 9.94. The largest absolute Gasteiger partial charge is 0.494 e. The van der Waals surface area contributed by atoms with Gasteiger partial charge in [-0.05, 0) is 61.4 Å². The number of anilines is 1. The Morgan fingerprint density at radius 1 is 1.09 bits per heavy atom. The number of piperidine rings is 1. The second kappa shape index (κ2) is 8.43. The van der Waals surface area contributed by atoms with E-state index in [1.807, 2.05) is 30.0 Å². The minimum absolute atomic E-state index is 0.0499. The Labute approximate surface area is 191 Å². The monoisotopic (exact) mass is 455 g/mol. The van der Waals surface area contributed by atoms with Crippen LogP contribution in [0.1, 0.15) is 48.8 Å². The number of halogens is 3. The van der Waals surface area contributed by atoms with Crippen molar-refractivity contribution in [1.29, 1.82) is 0 Å². The molecule has 3 aromatic rings. The van der Waals surface area contributed by atoms with Gasteiger partial charge in [-0.1, -0.05) is 31.4 Å². The lowest BCUT2D eigenvalue weighted by molar-refractivity contribution is -0.137. The number of nitrogens with zero attached hydrogens (tertiary/aromatic N) is 2. The molecule has 1 aliphatic heterocycles. The molecule has 2 atom stereocenters. The van der Waals surface area contributed by atoms with Gasteiger partial charge in [-0.25, -0.2) is 0 Å². The molecule has 0 amide bonds. The summed E-state index contributed by atoms with van der Waals surface area (Å²) >= 11 is 0. The SMILES string of the molecule is Cc1cccc2[nH]c(O)c(C=Nc3ccc(N4CCC5CCCCC5C4)c(C(F)(F)F)c3)c12. The second-order valence-electron chi connectivity index (χ2n) is 9.38. The normalized spacial score (nSPS) is 21.6. The maximum Gasteiger partial charge on any atom is 0.418 e. The number of alkyl halides is 3. The number of H-pyrrole nitrogens is 1. The van der Waals surface area contributed by atoms with Crippen LogP contribution < -0.4 is 4.90 Å². The van der Waals surface area contributed by atoms with Gasteiger partial charge in [0.15, 0.2) is 5.88 Å². The van der Waals surface area contributed by atoms with E-state index < -0.39 is 11.7 Å². The number of hydrogen-bond acceptors (Lipinski definition) is 3. The third-order valence-corrected chi connectivity index (χ3v) is 7.31.